The Bertz CT molecular complexity index is 475. The molecule has 2 atom stereocenters. The van der Waals surface area contributed by atoms with Crippen molar-refractivity contribution in [3.63, 3.8) is 0 Å². The monoisotopic (exact) mass is 307 g/mol. The van der Waals surface area contributed by atoms with E-state index >= 15 is 0 Å². The van der Waals surface area contributed by atoms with Gasteiger partial charge in [0.2, 0.25) is 0 Å². The second-order valence-corrected chi connectivity index (χ2v) is 7.55. The molecule has 0 amide bonds. The minimum absolute atomic E-state index is 0.544. The molecule has 2 rings (SSSR count). The van der Waals surface area contributed by atoms with Gasteiger partial charge in [-0.3, -0.25) is 0 Å². The molecule has 1 aromatic rings. The topological polar surface area (TPSA) is 28.2 Å². The summed E-state index contributed by atoms with van der Waals surface area (Å²) in [7, 11) is 0. The Morgan fingerprint density at radius 2 is 2.14 bits per heavy atom. The number of pyridine rings is 1. The maximum atomic E-state index is 4.90. The number of hydrogen-bond donors (Lipinski definition) is 1. The molecule has 1 aliphatic heterocycles. The predicted molar refractivity (Wildman–Crippen MR) is 94.4 cm³/mol. The number of anilines is 1. The number of aromatic nitrogens is 1. The summed E-state index contributed by atoms with van der Waals surface area (Å²) in [5, 5.41) is 4.21. The first-order chi connectivity index (χ1) is 10.0. The van der Waals surface area contributed by atoms with E-state index in [0.717, 1.165) is 25.3 Å². The van der Waals surface area contributed by atoms with Crippen LogP contribution in [0.2, 0.25) is 0 Å². The van der Waals surface area contributed by atoms with Gasteiger partial charge in [0.15, 0.2) is 0 Å². The van der Waals surface area contributed by atoms with Crippen LogP contribution in [0.25, 0.3) is 0 Å². The van der Waals surface area contributed by atoms with Crippen LogP contribution in [0.3, 0.4) is 0 Å². The highest BCUT2D eigenvalue weighted by atomic mass is 32.2. The Hall–Kier alpha value is -0.740. The zero-order chi connectivity index (χ0) is 15.4. The second-order valence-electron chi connectivity index (χ2n) is 6.07. The molecule has 1 N–H and O–H groups in total. The SMILES string of the molecule is CCCNCc1c(C)cc(C)nc1N1CCSC(C)C1C. The van der Waals surface area contributed by atoms with Crippen molar-refractivity contribution in [2.24, 2.45) is 0 Å². The van der Waals surface area contributed by atoms with Crippen LogP contribution in [0.5, 0.6) is 0 Å². The van der Waals surface area contributed by atoms with Crippen molar-refractivity contribution in [2.45, 2.75) is 58.9 Å². The van der Waals surface area contributed by atoms with Gasteiger partial charge in [-0.15, -0.1) is 0 Å². The second kappa shape index (κ2) is 7.50. The molecule has 2 unspecified atom stereocenters. The lowest BCUT2D eigenvalue weighted by Crippen LogP contribution is -2.46. The van der Waals surface area contributed by atoms with Crippen LogP contribution in [0.4, 0.5) is 5.82 Å². The summed E-state index contributed by atoms with van der Waals surface area (Å²) in [6.07, 6.45) is 1.17. The Morgan fingerprint density at radius 3 is 2.86 bits per heavy atom. The van der Waals surface area contributed by atoms with E-state index in [1.54, 1.807) is 0 Å². The molecule has 0 aliphatic carbocycles. The molecule has 118 valence electrons. The third-order valence-electron chi connectivity index (χ3n) is 4.34. The van der Waals surface area contributed by atoms with E-state index in [2.05, 4.69) is 62.7 Å². The summed E-state index contributed by atoms with van der Waals surface area (Å²) in [4.78, 5) is 7.42. The Morgan fingerprint density at radius 1 is 1.38 bits per heavy atom. The van der Waals surface area contributed by atoms with Crippen LogP contribution < -0.4 is 10.2 Å². The van der Waals surface area contributed by atoms with Gasteiger partial charge in [0.1, 0.15) is 5.82 Å². The van der Waals surface area contributed by atoms with Gasteiger partial charge >= 0.3 is 0 Å². The lowest BCUT2D eigenvalue weighted by atomic mass is 10.1. The third-order valence-corrected chi connectivity index (χ3v) is 5.68. The van der Waals surface area contributed by atoms with Gasteiger partial charge in [-0.2, -0.15) is 11.8 Å². The summed E-state index contributed by atoms with van der Waals surface area (Å²) < 4.78 is 0. The number of rotatable bonds is 5. The van der Waals surface area contributed by atoms with E-state index < -0.39 is 0 Å². The lowest BCUT2D eigenvalue weighted by molar-refractivity contribution is 0.608. The molecular weight excluding hydrogens is 278 g/mol. The minimum atomic E-state index is 0.544. The van der Waals surface area contributed by atoms with E-state index in [4.69, 9.17) is 4.98 Å². The fourth-order valence-corrected chi connectivity index (χ4v) is 4.02. The number of hydrogen-bond acceptors (Lipinski definition) is 4. The smallest absolute Gasteiger partial charge is 0.133 e. The molecule has 3 nitrogen and oxygen atoms in total. The average Bonchev–Trinajstić information content (AvgIpc) is 2.44. The summed E-state index contributed by atoms with van der Waals surface area (Å²) in [6, 6.07) is 2.75. The maximum Gasteiger partial charge on any atom is 0.133 e. The van der Waals surface area contributed by atoms with Crippen molar-refractivity contribution in [1.82, 2.24) is 10.3 Å². The normalized spacial score (nSPS) is 22.6. The van der Waals surface area contributed by atoms with Crippen molar-refractivity contribution in [1.29, 1.82) is 0 Å². The van der Waals surface area contributed by atoms with Gasteiger partial charge in [0, 0.05) is 41.4 Å². The fourth-order valence-electron chi connectivity index (χ4n) is 2.92. The standard InChI is InChI=1S/C17H29N3S/c1-6-7-18-11-16-12(2)10-13(3)19-17(16)20-8-9-21-15(5)14(20)4/h10,14-15,18H,6-9,11H2,1-5H3. The van der Waals surface area contributed by atoms with Gasteiger partial charge in [-0.25, -0.2) is 4.98 Å². The van der Waals surface area contributed by atoms with Crippen LogP contribution in [0.15, 0.2) is 6.07 Å². The van der Waals surface area contributed by atoms with Crippen LogP contribution >= 0.6 is 11.8 Å². The number of aryl methyl sites for hydroxylation is 2. The highest BCUT2D eigenvalue weighted by molar-refractivity contribution is 8.00. The van der Waals surface area contributed by atoms with Crippen LogP contribution in [-0.4, -0.2) is 35.1 Å². The first kappa shape index (κ1) is 16.6. The van der Waals surface area contributed by atoms with Crippen molar-refractivity contribution in [3.05, 3.63) is 22.9 Å². The first-order valence-electron chi connectivity index (χ1n) is 8.10. The summed E-state index contributed by atoms with van der Waals surface area (Å²) in [5.74, 6) is 2.40. The van der Waals surface area contributed by atoms with Crippen LogP contribution in [0, 0.1) is 13.8 Å². The first-order valence-corrected chi connectivity index (χ1v) is 9.15. The molecule has 2 heterocycles. The van der Waals surface area contributed by atoms with Gasteiger partial charge < -0.3 is 10.2 Å². The highest BCUT2D eigenvalue weighted by Crippen LogP contribution is 2.31. The van der Waals surface area contributed by atoms with Gasteiger partial charge in [0.25, 0.3) is 0 Å². The minimum Gasteiger partial charge on any atom is -0.352 e. The quantitative estimate of drug-likeness (QED) is 0.842. The molecule has 1 aliphatic rings. The maximum absolute atomic E-state index is 4.90. The average molecular weight is 308 g/mol. The van der Waals surface area contributed by atoms with Crippen molar-refractivity contribution >= 4 is 17.6 Å². The van der Waals surface area contributed by atoms with Gasteiger partial charge in [0.05, 0.1) is 0 Å². The van der Waals surface area contributed by atoms with E-state index in [0.29, 0.717) is 11.3 Å². The molecule has 4 heteroatoms. The van der Waals surface area contributed by atoms with Crippen molar-refractivity contribution < 1.29 is 0 Å². The molecule has 21 heavy (non-hydrogen) atoms. The van der Waals surface area contributed by atoms with E-state index in [1.165, 1.54) is 29.1 Å². The third kappa shape index (κ3) is 3.92. The number of nitrogens with one attached hydrogen (secondary N) is 1. The van der Waals surface area contributed by atoms with E-state index in [9.17, 15) is 0 Å². The Labute approximate surface area is 133 Å². The van der Waals surface area contributed by atoms with Crippen LogP contribution in [-0.2, 0) is 6.54 Å². The van der Waals surface area contributed by atoms with Crippen LogP contribution in [0.1, 0.15) is 44.0 Å². The van der Waals surface area contributed by atoms with E-state index in [1.807, 2.05) is 0 Å². The zero-order valence-electron chi connectivity index (χ0n) is 14.1. The van der Waals surface area contributed by atoms with E-state index in [-0.39, 0.29) is 0 Å². The van der Waals surface area contributed by atoms with Crippen molar-refractivity contribution in [2.75, 3.05) is 23.7 Å². The Balaban J connectivity index is 2.31. The molecule has 1 fully saturated rings. The largest absolute Gasteiger partial charge is 0.352 e. The molecular formula is C17H29N3S. The Kier molecular flexibility index (Phi) is 5.94. The molecule has 0 aromatic carbocycles. The lowest BCUT2D eigenvalue weighted by Gasteiger charge is -2.39. The van der Waals surface area contributed by atoms with Gasteiger partial charge in [-0.05, 0) is 45.4 Å². The molecule has 0 saturated carbocycles. The predicted octanol–water partition coefficient (Wildman–Crippen LogP) is 3.53. The highest BCUT2D eigenvalue weighted by Gasteiger charge is 2.28. The molecule has 0 radical (unpaired) electrons. The number of nitrogens with zero attached hydrogens (tertiary/aromatic N) is 2. The number of thioether (sulfide) groups is 1. The molecule has 1 aromatic heterocycles. The summed E-state index contributed by atoms with van der Waals surface area (Å²) in [6.45, 7) is 14.3. The van der Waals surface area contributed by atoms with Crippen molar-refractivity contribution in [3.8, 4) is 0 Å². The molecule has 0 bridgehead atoms. The zero-order valence-corrected chi connectivity index (χ0v) is 14.9. The fraction of sp³-hybridized carbons (Fsp3) is 0.706. The molecule has 1 saturated heterocycles. The molecule has 0 spiro atoms. The van der Waals surface area contributed by atoms with Gasteiger partial charge in [-0.1, -0.05) is 13.8 Å². The summed E-state index contributed by atoms with van der Waals surface area (Å²) >= 11 is 2.08. The summed E-state index contributed by atoms with van der Waals surface area (Å²) in [5.41, 5.74) is 3.86.